The smallest absolute Gasteiger partial charge is 0.255 e. The van der Waals surface area contributed by atoms with Crippen molar-refractivity contribution in [3.63, 3.8) is 0 Å². The third-order valence-electron chi connectivity index (χ3n) is 5.00. The lowest BCUT2D eigenvalue weighted by Gasteiger charge is -2.10. The number of benzene rings is 2. The van der Waals surface area contributed by atoms with Gasteiger partial charge in [-0.3, -0.25) is 4.79 Å². The van der Waals surface area contributed by atoms with Crippen molar-refractivity contribution in [2.75, 3.05) is 25.1 Å². The number of ether oxygens (including phenoxy) is 3. The molecule has 0 radical (unpaired) electrons. The van der Waals surface area contributed by atoms with Gasteiger partial charge in [-0.1, -0.05) is 0 Å². The number of H-pyrrole nitrogens is 1. The van der Waals surface area contributed by atoms with E-state index in [9.17, 15) is 4.79 Å². The van der Waals surface area contributed by atoms with Crippen LogP contribution in [0.25, 0.3) is 11.0 Å². The molecule has 3 aromatic rings. The fourth-order valence-electron chi connectivity index (χ4n) is 3.56. The Balaban J connectivity index is 1.35. The Morgan fingerprint density at radius 3 is 2.79 bits per heavy atom. The second-order valence-electron chi connectivity index (χ2n) is 7.02. The van der Waals surface area contributed by atoms with Crippen LogP contribution < -0.4 is 14.8 Å². The van der Waals surface area contributed by atoms with E-state index >= 15 is 0 Å². The Morgan fingerprint density at radius 1 is 1.04 bits per heavy atom. The fraction of sp³-hybridized carbons (Fsp3) is 0.333. The number of nitrogens with one attached hydrogen (secondary N) is 2. The van der Waals surface area contributed by atoms with Crippen LogP contribution in [0, 0.1) is 0 Å². The highest BCUT2D eigenvalue weighted by Gasteiger charge is 2.21. The van der Waals surface area contributed by atoms with E-state index in [-0.39, 0.29) is 12.0 Å². The number of amides is 1. The zero-order valence-corrected chi connectivity index (χ0v) is 15.4. The number of anilines is 1. The third-order valence-corrected chi connectivity index (χ3v) is 5.00. The highest BCUT2D eigenvalue weighted by atomic mass is 16.5. The first-order valence-electron chi connectivity index (χ1n) is 9.58. The molecule has 1 aromatic heterocycles. The first-order chi connectivity index (χ1) is 13.8. The molecule has 2 N–H and O–H groups in total. The first-order valence-corrected chi connectivity index (χ1v) is 9.58. The molecule has 7 nitrogen and oxygen atoms in total. The van der Waals surface area contributed by atoms with Crippen molar-refractivity contribution in [2.24, 2.45) is 0 Å². The number of carbonyl (C=O) groups excluding carboxylic acids is 1. The molecule has 2 aliphatic heterocycles. The molecule has 0 spiro atoms. The van der Waals surface area contributed by atoms with Crippen LogP contribution >= 0.6 is 0 Å². The highest BCUT2D eigenvalue weighted by molar-refractivity contribution is 6.05. The molecule has 2 aromatic carbocycles. The number of hydrogen-bond donors (Lipinski definition) is 2. The number of hydrogen-bond acceptors (Lipinski definition) is 5. The fourth-order valence-corrected chi connectivity index (χ4v) is 3.56. The Morgan fingerprint density at radius 2 is 1.93 bits per heavy atom. The number of rotatable bonds is 3. The van der Waals surface area contributed by atoms with Crippen LogP contribution in [0.4, 0.5) is 5.69 Å². The normalized spacial score (nSPS) is 18.8. The molecule has 28 heavy (non-hydrogen) atoms. The van der Waals surface area contributed by atoms with Gasteiger partial charge in [-0.15, -0.1) is 0 Å². The number of aromatic amines is 1. The van der Waals surface area contributed by atoms with Gasteiger partial charge >= 0.3 is 0 Å². The largest absolute Gasteiger partial charge is 0.490 e. The monoisotopic (exact) mass is 379 g/mol. The highest BCUT2D eigenvalue weighted by Crippen LogP contribution is 2.31. The maximum atomic E-state index is 12.7. The van der Waals surface area contributed by atoms with Gasteiger partial charge in [0.05, 0.1) is 24.2 Å². The maximum absolute atomic E-state index is 12.7. The Kier molecular flexibility index (Phi) is 4.37. The average Bonchev–Trinajstić information content (AvgIpc) is 3.32. The molecule has 1 fully saturated rings. The lowest BCUT2D eigenvalue weighted by atomic mass is 10.1. The number of fused-ring (bicyclic) bond motifs is 2. The zero-order valence-electron chi connectivity index (χ0n) is 15.4. The lowest BCUT2D eigenvalue weighted by molar-refractivity contribution is 0.102. The molecule has 0 saturated carbocycles. The van der Waals surface area contributed by atoms with E-state index in [0.29, 0.717) is 36.0 Å². The van der Waals surface area contributed by atoms with Crippen LogP contribution in [0.1, 0.15) is 41.5 Å². The molecule has 1 saturated heterocycles. The predicted molar refractivity (Wildman–Crippen MR) is 104 cm³/mol. The summed E-state index contributed by atoms with van der Waals surface area (Å²) in [5.41, 5.74) is 2.96. The van der Waals surface area contributed by atoms with Gasteiger partial charge in [-0.05, 0) is 49.2 Å². The summed E-state index contributed by atoms with van der Waals surface area (Å²) < 4.78 is 17.0. The minimum absolute atomic E-state index is 0.0345. The molecule has 1 atom stereocenters. The summed E-state index contributed by atoms with van der Waals surface area (Å²) in [6, 6.07) is 10.9. The molecule has 3 heterocycles. The van der Waals surface area contributed by atoms with E-state index < -0.39 is 0 Å². The molecule has 7 heteroatoms. The van der Waals surface area contributed by atoms with E-state index in [1.54, 1.807) is 18.2 Å². The van der Waals surface area contributed by atoms with Crippen molar-refractivity contribution in [1.82, 2.24) is 9.97 Å². The Bertz CT molecular complexity index is 1020. The molecule has 0 aliphatic carbocycles. The molecule has 0 unspecified atom stereocenters. The van der Waals surface area contributed by atoms with Gasteiger partial charge in [-0.25, -0.2) is 4.98 Å². The van der Waals surface area contributed by atoms with Crippen molar-refractivity contribution in [1.29, 1.82) is 0 Å². The number of nitrogens with zero attached hydrogens (tertiary/aromatic N) is 1. The zero-order chi connectivity index (χ0) is 18.9. The summed E-state index contributed by atoms with van der Waals surface area (Å²) >= 11 is 0. The van der Waals surface area contributed by atoms with Gasteiger partial charge in [0.2, 0.25) is 0 Å². The van der Waals surface area contributed by atoms with E-state index in [0.717, 1.165) is 42.7 Å². The van der Waals surface area contributed by atoms with Gasteiger partial charge < -0.3 is 24.5 Å². The molecule has 144 valence electrons. The van der Waals surface area contributed by atoms with Crippen LogP contribution in [0.2, 0.25) is 0 Å². The minimum Gasteiger partial charge on any atom is -0.490 e. The summed E-state index contributed by atoms with van der Waals surface area (Å²) in [6.07, 6.45) is 2.90. The number of carbonyl (C=O) groups is 1. The summed E-state index contributed by atoms with van der Waals surface area (Å²) in [5.74, 6) is 1.93. The van der Waals surface area contributed by atoms with Gasteiger partial charge in [0, 0.05) is 24.3 Å². The van der Waals surface area contributed by atoms with Gasteiger partial charge in [0.15, 0.2) is 11.5 Å². The van der Waals surface area contributed by atoms with Crippen molar-refractivity contribution in [3.8, 4) is 11.5 Å². The first kappa shape index (κ1) is 17.1. The van der Waals surface area contributed by atoms with Crippen LogP contribution in [-0.4, -0.2) is 35.7 Å². The standard InChI is InChI=1S/C21H21N3O4/c25-21(13-4-7-17-19(11-13)28-10-2-9-26-17)22-14-5-6-15-16(12-14)24-20(23-15)18-3-1-8-27-18/h4-7,11-12,18H,1-3,8-10H2,(H,22,25)(H,23,24)/t18-/m1/s1. The second kappa shape index (κ2) is 7.16. The van der Waals surface area contributed by atoms with E-state index in [2.05, 4.69) is 15.3 Å². The summed E-state index contributed by atoms with van der Waals surface area (Å²) in [5, 5.41) is 2.94. The number of aromatic nitrogens is 2. The van der Waals surface area contributed by atoms with Gasteiger partial charge in [0.1, 0.15) is 11.9 Å². The van der Waals surface area contributed by atoms with Gasteiger partial charge in [-0.2, -0.15) is 0 Å². The summed E-state index contributed by atoms with van der Waals surface area (Å²) in [4.78, 5) is 20.6. The predicted octanol–water partition coefficient (Wildman–Crippen LogP) is 3.83. The van der Waals surface area contributed by atoms with E-state index in [4.69, 9.17) is 14.2 Å². The number of imidazole rings is 1. The van der Waals surface area contributed by atoms with Crippen LogP contribution in [-0.2, 0) is 4.74 Å². The minimum atomic E-state index is -0.200. The third kappa shape index (κ3) is 3.29. The van der Waals surface area contributed by atoms with Crippen molar-refractivity contribution >= 4 is 22.6 Å². The molecule has 5 rings (SSSR count). The second-order valence-corrected chi connectivity index (χ2v) is 7.02. The van der Waals surface area contributed by atoms with Crippen molar-refractivity contribution in [2.45, 2.75) is 25.4 Å². The van der Waals surface area contributed by atoms with Crippen LogP contribution in [0.15, 0.2) is 36.4 Å². The van der Waals surface area contributed by atoms with Crippen LogP contribution in [0.3, 0.4) is 0 Å². The summed E-state index contributed by atoms with van der Waals surface area (Å²) in [6.45, 7) is 1.98. The maximum Gasteiger partial charge on any atom is 0.255 e. The quantitative estimate of drug-likeness (QED) is 0.722. The molecular weight excluding hydrogens is 358 g/mol. The molecule has 0 bridgehead atoms. The lowest BCUT2D eigenvalue weighted by Crippen LogP contribution is -2.12. The van der Waals surface area contributed by atoms with Crippen molar-refractivity contribution < 1.29 is 19.0 Å². The van der Waals surface area contributed by atoms with E-state index in [1.807, 2.05) is 18.2 Å². The average molecular weight is 379 g/mol. The SMILES string of the molecule is O=C(Nc1ccc2nc([C@H]3CCCO3)[nH]c2c1)c1ccc2c(c1)OCCCO2. The van der Waals surface area contributed by atoms with Crippen molar-refractivity contribution in [3.05, 3.63) is 47.8 Å². The van der Waals surface area contributed by atoms with Gasteiger partial charge in [0.25, 0.3) is 5.91 Å². The van der Waals surface area contributed by atoms with E-state index in [1.165, 1.54) is 0 Å². The summed E-state index contributed by atoms with van der Waals surface area (Å²) in [7, 11) is 0. The Hall–Kier alpha value is -3.06. The Labute approximate surface area is 162 Å². The molecular formula is C21H21N3O4. The molecule has 2 aliphatic rings. The topological polar surface area (TPSA) is 85.5 Å². The molecule has 1 amide bonds. The van der Waals surface area contributed by atoms with Crippen LogP contribution in [0.5, 0.6) is 11.5 Å².